The highest BCUT2D eigenvalue weighted by Gasteiger charge is 2.33. The van der Waals surface area contributed by atoms with Crippen LogP contribution in [0.5, 0.6) is 5.88 Å². The minimum absolute atomic E-state index is 0.0314. The molecule has 28 heavy (non-hydrogen) atoms. The predicted molar refractivity (Wildman–Crippen MR) is 104 cm³/mol. The van der Waals surface area contributed by atoms with Crippen LogP contribution < -0.4 is 15.0 Å². The van der Waals surface area contributed by atoms with Crippen LogP contribution in [0, 0.1) is 19.8 Å². The summed E-state index contributed by atoms with van der Waals surface area (Å²) in [7, 11) is 1.55. The summed E-state index contributed by atoms with van der Waals surface area (Å²) in [5.41, 5.74) is 2.60. The van der Waals surface area contributed by atoms with Gasteiger partial charge in [-0.25, -0.2) is 19.6 Å². The van der Waals surface area contributed by atoms with Gasteiger partial charge < -0.3 is 15.0 Å². The number of aryl methyl sites for hydroxylation is 2. The van der Waals surface area contributed by atoms with Crippen molar-refractivity contribution in [3.05, 3.63) is 48.2 Å². The van der Waals surface area contributed by atoms with Crippen molar-refractivity contribution in [3.8, 4) is 11.7 Å². The second-order valence-corrected chi connectivity index (χ2v) is 6.75. The molecule has 1 aliphatic heterocycles. The number of carbonyl (C=O) groups is 1. The maximum Gasteiger partial charge on any atom is 0.231 e. The molecule has 3 aromatic heterocycles. The van der Waals surface area contributed by atoms with Gasteiger partial charge in [-0.05, 0) is 26.0 Å². The Bertz CT molecular complexity index is 994. The average molecular weight is 379 g/mol. The molecule has 0 bridgehead atoms. The summed E-state index contributed by atoms with van der Waals surface area (Å²) in [6, 6.07) is 7.37. The number of nitrogens with one attached hydrogen (secondary N) is 1. The van der Waals surface area contributed by atoms with Crippen molar-refractivity contribution in [3.63, 3.8) is 0 Å². The van der Waals surface area contributed by atoms with Crippen molar-refractivity contribution in [2.45, 2.75) is 13.8 Å². The third-order valence-corrected chi connectivity index (χ3v) is 4.65. The van der Waals surface area contributed by atoms with E-state index >= 15 is 0 Å². The Labute approximate surface area is 162 Å². The molecule has 1 amide bonds. The van der Waals surface area contributed by atoms with Gasteiger partial charge in [-0.3, -0.25) is 4.79 Å². The van der Waals surface area contributed by atoms with Crippen LogP contribution >= 0.6 is 0 Å². The predicted octanol–water partition coefficient (Wildman–Crippen LogP) is 1.76. The van der Waals surface area contributed by atoms with E-state index in [1.54, 1.807) is 30.1 Å². The number of rotatable bonds is 5. The molecule has 0 aliphatic carbocycles. The lowest BCUT2D eigenvalue weighted by molar-refractivity contribution is -0.120. The standard InChI is InChI=1S/C19H21N7O2/c1-12-6-13(2)26(24-12)17-7-16(21-11-22-17)25-9-14(10-25)19(27)23-15-4-5-18(28-3)20-8-15/h4-8,11,14H,9-10H2,1-3H3,(H,23,27). The monoisotopic (exact) mass is 379 g/mol. The second kappa shape index (κ2) is 7.26. The Hall–Kier alpha value is -3.49. The number of pyridine rings is 1. The Balaban J connectivity index is 1.39. The number of hydrogen-bond donors (Lipinski definition) is 1. The minimum Gasteiger partial charge on any atom is -0.481 e. The van der Waals surface area contributed by atoms with Crippen LogP contribution in [0.1, 0.15) is 11.4 Å². The first-order chi connectivity index (χ1) is 13.5. The third-order valence-electron chi connectivity index (χ3n) is 4.65. The van der Waals surface area contributed by atoms with Crippen LogP contribution in [0.4, 0.5) is 11.5 Å². The van der Waals surface area contributed by atoms with Gasteiger partial charge in [0.1, 0.15) is 12.1 Å². The molecule has 1 saturated heterocycles. The molecule has 1 aliphatic rings. The van der Waals surface area contributed by atoms with Crippen molar-refractivity contribution < 1.29 is 9.53 Å². The smallest absolute Gasteiger partial charge is 0.231 e. The molecule has 4 heterocycles. The van der Waals surface area contributed by atoms with E-state index in [0.717, 1.165) is 17.2 Å². The molecule has 0 atom stereocenters. The Morgan fingerprint density at radius 2 is 1.93 bits per heavy atom. The quantitative estimate of drug-likeness (QED) is 0.721. The number of methoxy groups -OCH3 is 1. The van der Waals surface area contributed by atoms with E-state index in [2.05, 4.69) is 25.4 Å². The van der Waals surface area contributed by atoms with Gasteiger partial charge in [-0.1, -0.05) is 0 Å². The van der Waals surface area contributed by atoms with Crippen LogP contribution in [0.25, 0.3) is 5.82 Å². The minimum atomic E-state index is -0.103. The molecule has 0 unspecified atom stereocenters. The number of amides is 1. The molecule has 3 aromatic rings. The van der Waals surface area contributed by atoms with Crippen molar-refractivity contribution in [1.29, 1.82) is 0 Å². The van der Waals surface area contributed by atoms with Crippen LogP contribution in [-0.4, -0.2) is 50.8 Å². The molecular weight excluding hydrogens is 358 g/mol. The number of nitrogens with zero attached hydrogens (tertiary/aromatic N) is 6. The van der Waals surface area contributed by atoms with Crippen LogP contribution in [0.2, 0.25) is 0 Å². The fourth-order valence-electron chi connectivity index (χ4n) is 3.14. The highest BCUT2D eigenvalue weighted by atomic mass is 16.5. The molecule has 0 saturated carbocycles. The first-order valence-corrected chi connectivity index (χ1v) is 8.95. The number of carbonyl (C=O) groups excluding carboxylic acids is 1. The molecule has 9 nitrogen and oxygen atoms in total. The lowest BCUT2D eigenvalue weighted by Gasteiger charge is -2.39. The molecule has 144 valence electrons. The zero-order valence-electron chi connectivity index (χ0n) is 16.0. The summed E-state index contributed by atoms with van der Waals surface area (Å²) in [4.78, 5) is 27.2. The van der Waals surface area contributed by atoms with Crippen molar-refractivity contribution in [1.82, 2.24) is 24.7 Å². The van der Waals surface area contributed by atoms with Crippen molar-refractivity contribution in [2.24, 2.45) is 5.92 Å². The van der Waals surface area contributed by atoms with Gasteiger partial charge >= 0.3 is 0 Å². The summed E-state index contributed by atoms with van der Waals surface area (Å²) in [5.74, 6) is 1.88. The summed E-state index contributed by atoms with van der Waals surface area (Å²) in [5, 5.41) is 7.34. The number of aromatic nitrogens is 5. The number of ether oxygens (including phenoxy) is 1. The zero-order valence-corrected chi connectivity index (χ0v) is 16.0. The van der Waals surface area contributed by atoms with Gasteiger partial charge in [0.15, 0.2) is 5.82 Å². The average Bonchev–Trinajstić information content (AvgIpc) is 2.99. The van der Waals surface area contributed by atoms with Gasteiger partial charge in [0, 0.05) is 30.9 Å². The second-order valence-electron chi connectivity index (χ2n) is 6.75. The topological polar surface area (TPSA) is 98.1 Å². The Kier molecular flexibility index (Phi) is 4.64. The van der Waals surface area contributed by atoms with Crippen molar-refractivity contribution >= 4 is 17.4 Å². The Morgan fingerprint density at radius 1 is 1.14 bits per heavy atom. The van der Waals surface area contributed by atoms with Gasteiger partial charge in [-0.2, -0.15) is 5.10 Å². The largest absolute Gasteiger partial charge is 0.481 e. The lowest BCUT2D eigenvalue weighted by atomic mass is 9.99. The lowest BCUT2D eigenvalue weighted by Crippen LogP contribution is -2.52. The molecule has 1 fully saturated rings. The SMILES string of the molecule is COc1ccc(NC(=O)C2CN(c3cc(-n4nc(C)cc4C)ncn3)C2)cn1. The van der Waals surface area contributed by atoms with Crippen LogP contribution in [0.15, 0.2) is 36.8 Å². The maximum atomic E-state index is 12.4. The van der Waals surface area contributed by atoms with Gasteiger partial charge in [0.25, 0.3) is 0 Å². The molecule has 9 heteroatoms. The number of anilines is 2. The summed E-state index contributed by atoms with van der Waals surface area (Å²) in [6.07, 6.45) is 3.11. The maximum absolute atomic E-state index is 12.4. The van der Waals surface area contributed by atoms with Gasteiger partial charge in [-0.15, -0.1) is 0 Å². The molecule has 0 radical (unpaired) electrons. The fraction of sp³-hybridized carbons (Fsp3) is 0.316. The molecule has 4 rings (SSSR count). The molecular formula is C19H21N7O2. The van der Waals surface area contributed by atoms with E-state index in [0.29, 0.717) is 30.5 Å². The van der Waals surface area contributed by atoms with Crippen LogP contribution in [-0.2, 0) is 4.79 Å². The van der Waals surface area contributed by atoms with Crippen LogP contribution in [0.3, 0.4) is 0 Å². The summed E-state index contributed by atoms with van der Waals surface area (Å²) in [6.45, 7) is 5.13. The van der Waals surface area contributed by atoms with Crippen molar-refractivity contribution in [2.75, 3.05) is 30.4 Å². The Morgan fingerprint density at radius 3 is 2.57 bits per heavy atom. The zero-order chi connectivity index (χ0) is 19.7. The van der Waals surface area contributed by atoms with E-state index in [-0.39, 0.29) is 11.8 Å². The normalized spacial score (nSPS) is 13.9. The molecule has 1 N–H and O–H groups in total. The van der Waals surface area contributed by atoms with E-state index in [9.17, 15) is 4.79 Å². The summed E-state index contributed by atoms with van der Waals surface area (Å²) < 4.78 is 6.81. The molecule has 0 spiro atoms. The molecule has 0 aromatic carbocycles. The third kappa shape index (κ3) is 3.51. The first kappa shape index (κ1) is 17.9. The van der Waals surface area contributed by atoms with Gasteiger partial charge in [0.05, 0.1) is 30.6 Å². The summed E-state index contributed by atoms with van der Waals surface area (Å²) >= 11 is 0. The fourth-order valence-corrected chi connectivity index (χ4v) is 3.14. The van der Waals surface area contributed by atoms with E-state index < -0.39 is 0 Å². The van der Waals surface area contributed by atoms with E-state index in [1.165, 1.54) is 6.33 Å². The first-order valence-electron chi connectivity index (χ1n) is 8.95. The van der Waals surface area contributed by atoms with E-state index in [1.807, 2.05) is 30.9 Å². The highest BCUT2D eigenvalue weighted by molar-refractivity contribution is 5.94. The van der Waals surface area contributed by atoms with E-state index in [4.69, 9.17) is 4.74 Å². The number of hydrogen-bond acceptors (Lipinski definition) is 7. The van der Waals surface area contributed by atoms with Gasteiger partial charge in [0.2, 0.25) is 11.8 Å². The highest BCUT2D eigenvalue weighted by Crippen LogP contribution is 2.25.